The van der Waals surface area contributed by atoms with Crippen LogP contribution < -0.4 is 0 Å². The number of rotatable bonds is 3. The van der Waals surface area contributed by atoms with Crippen LogP contribution in [0.25, 0.3) is 0 Å². The molecular weight excluding hydrogens is 261 g/mol. The Kier molecular flexibility index (Phi) is 3.70. The SMILES string of the molecule is C[CH2][Ge]([Br])([CH2]C)[CH]1C=CCC1. The monoisotopic (exact) mass is 278 g/mol. The summed E-state index contributed by atoms with van der Waals surface area (Å²) in [5.74, 6) is 0. The summed E-state index contributed by atoms with van der Waals surface area (Å²) >= 11 is 2.51. The van der Waals surface area contributed by atoms with Crippen LogP contribution in [0.3, 0.4) is 0 Å². The summed E-state index contributed by atoms with van der Waals surface area (Å²) < 4.78 is 0.963. The van der Waals surface area contributed by atoms with E-state index in [0.717, 1.165) is 4.75 Å². The number of hydrogen-bond acceptors (Lipinski definition) is 0. The van der Waals surface area contributed by atoms with Crippen LogP contribution in [0, 0.1) is 0 Å². The Hall–Kier alpha value is 0.763. The molecule has 0 aliphatic heterocycles. The van der Waals surface area contributed by atoms with E-state index < -0.39 is 11.4 Å². The molecule has 1 aliphatic carbocycles. The Morgan fingerprint density at radius 2 is 2.09 bits per heavy atom. The van der Waals surface area contributed by atoms with Crippen molar-refractivity contribution in [3.63, 3.8) is 0 Å². The predicted octanol–water partition coefficient (Wildman–Crippen LogP) is 4.09. The maximum atomic E-state index is 4.05. The molecule has 0 radical (unpaired) electrons. The molecule has 0 saturated heterocycles. The molecule has 0 spiro atoms. The fourth-order valence-corrected chi connectivity index (χ4v) is 9.51. The quantitative estimate of drug-likeness (QED) is 0.538. The van der Waals surface area contributed by atoms with Crippen molar-refractivity contribution < 1.29 is 0 Å². The topological polar surface area (TPSA) is 0 Å². The van der Waals surface area contributed by atoms with Crippen molar-refractivity contribution in [2.45, 2.75) is 41.9 Å². The number of allylic oxidation sites excluding steroid dienone is 2. The van der Waals surface area contributed by atoms with E-state index in [0.29, 0.717) is 0 Å². The van der Waals surface area contributed by atoms with Gasteiger partial charge in [-0.1, -0.05) is 0 Å². The Bertz CT molecular complexity index is 150. The van der Waals surface area contributed by atoms with Crippen molar-refractivity contribution >= 4 is 25.4 Å². The van der Waals surface area contributed by atoms with E-state index >= 15 is 0 Å². The van der Waals surface area contributed by atoms with Gasteiger partial charge in [0, 0.05) is 0 Å². The normalized spacial score (nSPS) is 24.5. The van der Waals surface area contributed by atoms with Gasteiger partial charge < -0.3 is 0 Å². The van der Waals surface area contributed by atoms with Gasteiger partial charge in [-0.25, -0.2) is 0 Å². The molecular formula is C9H17BrGe. The van der Waals surface area contributed by atoms with E-state index in [-0.39, 0.29) is 0 Å². The standard InChI is InChI=1S/C9H17BrGe/c1-3-11(10,4-2)9-7-5-6-8-9/h5,7,9H,3-4,6,8H2,1-2H3. The second kappa shape index (κ2) is 4.13. The molecule has 0 heterocycles. The van der Waals surface area contributed by atoms with Gasteiger partial charge in [-0.3, -0.25) is 0 Å². The van der Waals surface area contributed by atoms with Gasteiger partial charge in [-0.15, -0.1) is 0 Å². The van der Waals surface area contributed by atoms with E-state index in [4.69, 9.17) is 0 Å². The number of halogens is 1. The van der Waals surface area contributed by atoms with Gasteiger partial charge >= 0.3 is 79.5 Å². The van der Waals surface area contributed by atoms with Crippen molar-refractivity contribution in [1.29, 1.82) is 0 Å². The molecule has 0 nitrogen and oxygen atoms in total. The molecule has 2 heteroatoms. The summed E-state index contributed by atoms with van der Waals surface area (Å²) in [5.41, 5.74) is 0. The maximum absolute atomic E-state index is 4.05. The summed E-state index contributed by atoms with van der Waals surface area (Å²) in [6, 6.07) is 0. The summed E-state index contributed by atoms with van der Waals surface area (Å²) in [7, 11) is 0. The Morgan fingerprint density at radius 3 is 2.45 bits per heavy atom. The van der Waals surface area contributed by atoms with E-state index in [2.05, 4.69) is 40.0 Å². The van der Waals surface area contributed by atoms with Crippen LogP contribution in [0.15, 0.2) is 12.2 Å². The van der Waals surface area contributed by atoms with E-state index in [1.54, 1.807) is 0 Å². The second-order valence-corrected chi connectivity index (χ2v) is 20.4. The first-order chi connectivity index (χ1) is 5.23. The second-order valence-electron chi connectivity index (χ2n) is 3.35. The molecule has 0 aromatic heterocycles. The van der Waals surface area contributed by atoms with Crippen LogP contribution in [0.1, 0.15) is 26.7 Å². The molecule has 0 bridgehead atoms. The molecule has 0 aromatic rings. The van der Waals surface area contributed by atoms with Crippen molar-refractivity contribution in [1.82, 2.24) is 0 Å². The van der Waals surface area contributed by atoms with Gasteiger partial charge in [-0.2, -0.15) is 0 Å². The minimum atomic E-state index is -1.54. The summed E-state index contributed by atoms with van der Waals surface area (Å²) in [6.07, 6.45) is 7.56. The fourth-order valence-electron chi connectivity index (χ4n) is 1.84. The zero-order valence-corrected chi connectivity index (χ0v) is 11.1. The third-order valence-corrected chi connectivity index (χ3v) is 20.5. The van der Waals surface area contributed by atoms with Crippen molar-refractivity contribution in [2.24, 2.45) is 0 Å². The van der Waals surface area contributed by atoms with Gasteiger partial charge in [-0.05, 0) is 0 Å². The molecule has 64 valence electrons. The van der Waals surface area contributed by atoms with Gasteiger partial charge in [0.25, 0.3) is 0 Å². The first-order valence-corrected chi connectivity index (χ1v) is 13.7. The summed E-state index contributed by atoms with van der Waals surface area (Å²) in [4.78, 5) is 0. The molecule has 1 rings (SSSR count). The Labute approximate surface area is 79.4 Å². The first-order valence-electron chi connectivity index (χ1n) is 4.58. The van der Waals surface area contributed by atoms with Crippen LogP contribution in [-0.2, 0) is 0 Å². The van der Waals surface area contributed by atoms with Gasteiger partial charge in [0.05, 0.1) is 0 Å². The Morgan fingerprint density at radius 1 is 1.45 bits per heavy atom. The molecule has 0 amide bonds. The molecule has 0 aromatic carbocycles. The zero-order chi connectivity index (χ0) is 8.32. The average molecular weight is 278 g/mol. The van der Waals surface area contributed by atoms with Crippen molar-refractivity contribution in [3.8, 4) is 0 Å². The summed E-state index contributed by atoms with van der Waals surface area (Å²) in [5, 5.41) is 2.84. The van der Waals surface area contributed by atoms with Crippen molar-refractivity contribution in [3.05, 3.63) is 12.2 Å². The first kappa shape index (κ1) is 9.85. The van der Waals surface area contributed by atoms with Crippen LogP contribution in [0.4, 0.5) is 0 Å². The average Bonchev–Trinajstić information content (AvgIpc) is 2.55. The van der Waals surface area contributed by atoms with Crippen LogP contribution >= 0.6 is 14.0 Å². The van der Waals surface area contributed by atoms with E-state index in [1.807, 2.05) is 0 Å². The predicted molar refractivity (Wildman–Crippen MR) is 57.8 cm³/mol. The van der Waals surface area contributed by atoms with Gasteiger partial charge in [0.15, 0.2) is 0 Å². The molecule has 0 saturated carbocycles. The fraction of sp³-hybridized carbons (Fsp3) is 0.778. The van der Waals surface area contributed by atoms with Crippen LogP contribution in [0.2, 0.25) is 15.3 Å². The Balaban J connectivity index is 2.60. The van der Waals surface area contributed by atoms with Gasteiger partial charge in [0.1, 0.15) is 0 Å². The van der Waals surface area contributed by atoms with Crippen LogP contribution in [0.5, 0.6) is 0 Å². The molecule has 0 fully saturated rings. The zero-order valence-electron chi connectivity index (χ0n) is 7.44. The molecule has 1 atom stereocenters. The summed E-state index contributed by atoms with van der Waals surface area (Å²) in [6.45, 7) is 4.70. The molecule has 0 N–H and O–H groups in total. The molecule has 11 heavy (non-hydrogen) atoms. The minimum absolute atomic E-state index is 0.963. The van der Waals surface area contributed by atoms with Gasteiger partial charge in [0.2, 0.25) is 0 Å². The molecule has 1 aliphatic rings. The molecule has 1 unspecified atom stereocenters. The van der Waals surface area contributed by atoms with E-state index in [9.17, 15) is 0 Å². The van der Waals surface area contributed by atoms with E-state index in [1.165, 1.54) is 23.3 Å². The number of hydrogen-bond donors (Lipinski definition) is 0. The van der Waals surface area contributed by atoms with Crippen molar-refractivity contribution in [2.75, 3.05) is 0 Å². The van der Waals surface area contributed by atoms with Crippen LogP contribution in [-0.4, -0.2) is 11.4 Å². The third kappa shape index (κ3) is 2.12. The third-order valence-electron chi connectivity index (χ3n) is 2.85.